The van der Waals surface area contributed by atoms with E-state index in [1.807, 2.05) is 59.5 Å². The van der Waals surface area contributed by atoms with Crippen molar-refractivity contribution >= 4 is 28.6 Å². The van der Waals surface area contributed by atoms with Crippen molar-refractivity contribution in [1.29, 1.82) is 5.26 Å². The number of oxazole rings is 1. The molecular formula is C25H26N4O3. The first-order valence-electron chi connectivity index (χ1n) is 11.0. The maximum Gasteiger partial charge on any atom is 0.227 e. The molecule has 0 atom stereocenters. The van der Waals surface area contributed by atoms with Crippen LogP contribution in [-0.4, -0.2) is 41.3 Å². The highest BCUT2D eigenvalue weighted by Crippen LogP contribution is 2.30. The molecule has 3 aromatic rings. The van der Waals surface area contributed by atoms with E-state index in [1.165, 1.54) is 0 Å². The molecule has 0 radical (unpaired) electrons. The van der Waals surface area contributed by atoms with E-state index in [0.717, 1.165) is 35.5 Å². The number of para-hydroxylation sites is 3. The number of likely N-dealkylation sites (tertiary alicyclic amines) is 1. The van der Waals surface area contributed by atoms with Crippen molar-refractivity contribution in [3.63, 3.8) is 0 Å². The SMILES string of the molecule is N#CCCN(C(=O)CCC(=O)N1CCC(c2nc3ccccc3o2)CC1)c1ccccc1. The van der Waals surface area contributed by atoms with Crippen molar-refractivity contribution in [1.82, 2.24) is 9.88 Å². The summed E-state index contributed by atoms with van der Waals surface area (Å²) >= 11 is 0. The molecule has 1 fully saturated rings. The van der Waals surface area contributed by atoms with Crippen LogP contribution in [0.5, 0.6) is 0 Å². The van der Waals surface area contributed by atoms with Crippen molar-refractivity contribution in [2.45, 2.75) is 38.0 Å². The number of rotatable bonds is 7. The zero-order valence-corrected chi connectivity index (χ0v) is 17.9. The molecule has 0 bridgehead atoms. The number of fused-ring (bicyclic) bond motifs is 1. The third kappa shape index (κ3) is 4.97. The Bertz CT molecular complexity index is 1080. The van der Waals surface area contributed by atoms with Crippen molar-refractivity contribution in [3.05, 3.63) is 60.5 Å². The average Bonchev–Trinajstić information content (AvgIpc) is 3.28. The van der Waals surface area contributed by atoms with Crippen LogP contribution in [-0.2, 0) is 9.59 Å². The predicted octanol–water partition coefficient (Wildman–Crippen LogP) is 4.26. The highest BCUT2D eigenvalue weighted by molar-refractivity contribution is 5.95. The van der Waals surface area contributed by atoms with Gasteiger partial charge in [-0.1, -0.05) is 30.3 Å². The van der Waals surface area contributed by atoms with Gasteiger partial charge in [0.15, 0.2) is 11.5 Å². The summed E-state index contributed by atoms with van der Waals surface area (Å²) in [6.45, 7) is 1.59. The molecule has 0 N–H and O–H groups in total. The van der Waals surface area contributed by atoms with E-state index < -0.39 is 0 Å². The Morgan fingerprint density at radius 1 is 1.06 bits per heavy atom. The van der Waals surface area contributed by atoms with Crippen LogP contribution in [0.15, 0.2) is 59.0 Å². The Hall–Kier alpha value is -3.66. The lowest BCUT2D eigenvalue weighted by Crippen LogP contribution is -2.39. The van der Waals surface area contributed by atoms with Crippen LogP contribution < -0.4 is 4.90 Å². The molecule has 0 saturated carbocycles. The number of anilines is 1. The number of nitriles is 1. The molecule has 2 heterocycles. The molecular weight excluding hydrogens is 404 g/mol. The molecule has 32 heavy (non-hydrogen) atoms. The van der Waals surface area contributed by atoms with E-state index in [-0.39, 0.29) is 37.0 Å². The van der Waals surface area contributed by atoms with Crippen LogP contribution in [0.4, 0.5) is 5.69 Å². The Morgan fingerprint density at radius 2 is 1.78 bits per heavy atom. The van der Waals surface area contributed by atoms with E-state index in [4.69, 9.17) is 9.68 Å². The Balaban J connectivity index is 1.29. The second-order valence-corrected chi connectivity index (χ2v) is 7.96. The Morgan fingerprint density at radius 3 is 2.50 bits per heavy atom. The van der Waals surface area contributed by atoms with Gasteiger partial charge in [-0.2, -0.15) is 5.26 Å². The standard InChI is InChI=1S/C25H26N4O3/c26-15-6-16-29(20-7-2-1-3-8-20)24(31)12-11-23(30)28-17-13-19(14-18-28)25-27-21-9-4-5-10-22(21)32-25/h1-5,7-10,19H,6,11-14,16-18H2. The van der Waals surface area contributed by atoms with E-state index in [1.54, 1.807) is 4.90 Å². The van der Waals surface area contributed by atoms with E-state index >= 15 is 0 Å². The number of hydrogen-bond donors (Lipinski definition) is 0. The number of carbonyl (C=O) groups excluding carboxylic acids is 2. The fourth-order valence-electron chi connectivity index (χ4n) is 4.11. The van der Waals surface area contributed by atoms with Gasteiger partial charge in [-0.05, 0) is 37.1 Å². The molecule has 2 amide bonds. The highest BCUT2D eigenvalue weighted by atomic mass is 16.3. The van der Waals surface area contributed by atoms with Gasteiger partial charge in [0, 0.05) is 44.1 Å². The van der Waals surface area contributed by atoms with Gasteiger partial charge in [0.1, 0.15) is 5.52 Å². The lowest BCUT2D eigenvalue weighted by Gasteiger charge is -2.31. The van der Waals surface area contributed by atoms with Crippen molar-refractivity contribution in [3.8, 4) is 6.07 Å². The summed E-state index contributed by atoms with van der Waals surface area (Å²) in [5, 5.41) is 8.92. The predicted molar refractivity (Wildman–Crippen MR) is 121 cm³/mol. The summed E-state index contributed by atoms with van der Waals surface area (Å²) < 4.78 is 5.90. The molecule has 0 unspecified atom stereocenters. The smallest absolute Gasteiger partial charge is 0.227 e. The molecule has 1 aromatic heterocycles. The number of hydrogen-bond acceptors (Lipinski definition) is 5. The van der Waals surface area contributed by atoms with Crippen molar-refractivity contribution in [2.24, 2.45) is 0 Å². The highest BCUT2D eigenvalue weighted by Gasteiger charge is 2.27. The number of nitrogens with zero attached hydrogens (tertiary/aromatic N) is 4. The number of carbonyl (C=O) groups is 2. The Labute approximate surface area is 187 Å². The molecule has 1 aliphatic rings. The summed E-state index contributed by atoms with van der Waals surface area (Å²) in [6, 6.07) is 19.1. The zero-order chi connectivity index (χ0) is 22.3. The fraction of sp³-hybridized carbons (Fsp3) is 0.360. The molecule has 0 aliphatic carbocycles. The maximum atomic E-state index is 12.8. The molecule has 0 spiro atoms. The molecule has 7 nitrogen and oxygen atoms in total. The molecule has 4 rings (SSSR count). The lowest BCUT2D eigenvalue weighted by molar-refractivity contribution is -0.134. The minimum absolute atomic E-state index is 0.0114. The number of amides is 2. The fourth-order valence-corrected chi connectivity index (χ4v) is 4.11. The first-order valence-corrected chi connectivity index (χ1v) is 11.0. The first kappa shape index (κ1) is 21.6. The maximum absolute atomic E-state index is 12.8. The largest absolute Gasteiger partial charge is 0.440 e. The van der Waals surface area contributed by atoms with Gasteiger partial charge in [0.05, 0.1) is 12.5 Å². The summed E-state index contributed by atoms with van der Waals surface area (Å²) in [5.74, 6) is 0.793. The van der Waals surface area contributed by atoms with Crippen LogP contribution in [0.3, 0.4) is 0 Å². The third-order valence-corrected chi connectivity index (χ3v) is 5.88. The van der Waals surface area contributed by atoms with E-state index in [2.05, 4.69) is 11.1 Å². The lowest BCUT2D eigenvalue weighted by atomic mass is 9.96. The monoisotopic (exact) mass is 430 g/mol. The summed E-state index contributed by atoms with van der Waals surface area (Å²) in [4.78, 5) is 33.5. The summed E-state index contributed by atoms with van der Waals surface area (Å²) in [7, 11) is 0. The number of aromatic nitrogens is 1. The summed E-state index contributed by atoms with van der Waals surface area (Å²) in [6.07, 6.45) is 2.14. The van der Waals surface area contributed by atoms with E-state index in [0.29, 0.717) is 19.6 Å². The quantitative estimate of drug-likeness (QED) is 0.559. The minimum Gasteiger partial charge on any atom is -0.440 e. The normalized spacial score (nSPS) is 14.3. The van der Waals surface area contributed by atoms with Gasteiger partial charge in [-0.15, -0.1) is 0 Å². The average molecular weight is 431 g/mol. The molecule has 164 valence electrons. The van der Waals surface area contributed by atoms with Crippen LogP contribution in [0.2, 0.25) is 0 Å². The molecule has 1 saturated heterocycles. The van der Waals surface area contributed by atoms with Crippen LogP contribution in [0, 0.1) is 11.3 Å². The van der Waals surface area contributed by atoms with Gasteiger partial charge in [0.2, 0.25) is 11.8 Å². The first-order chi connectivity index (χ1) is 15.7. The number of piperidine rings is 1. The van der Waals surface area contributed by atoms with Crippen molar-refractivity contribution in [2.75, 3.05) is 24.5 Å². The molecule has 2 aromatic carbocycles. The van der Waals surface area contributed by atoms with Gasteiger partial charge in [-0.25, -0.2) is 4.98 Å². The second kappa shape index (κ2) is 10.1. The molecule has 1 aliphatic heterocycles. The third-order valence-electron chi connectivity index (χ3n) is 5.88. The summed E-state index contributed by atoms with van der Waals surface area (Å²) in [5.41, 5.74) is 2.40. The van der Waals surface area contributed by atoms with Gasteiger partial charge in [-0.3, -0.25) is 9.59 Å². The van der Waals surface area contributed by atoms with Crippen LogP contribution in [0.1, 0.15) is 43.9 Å². The minimum atomic E-state index is -0.138. The topological polar surface area (TPSA) is 90.4 Å². The zero-order valence-electron chi connectivity index (χ0n) is 17.9. The van der Waals surface area contributed by atoms with Gasteiger partial charge >= 0.3 is 0 Å². The van der Waals surface area contributed by atoms with E-state index in [9.17, 15) is 9.59 Å². The number of benzene rings is 2. The van der Waals surface area contributed by atoms with Crippen molar-refractivity contribution < 1.29 is 14.0 Å². The molecule has 7 heteroatoms. The van der Waals surface area contributed by atoms with Crippen LogP contribution in [0.25, 0.3) is 11.1 Å². The second-order valence-electron chi connectivity index (χ2n) is 7.96. The van der Waals surface area contributed by atoms with Crippen LogP contribution >= 0.6 is 0 Å². The van der Waals surface area contributed by atoms with Gasteiger partial charge < -0.3 is 14.2 Å². The van der Waals surface area contributed by atoms with Gasteiger partial charge in [0.25, 0.3) is 0 Å². The Kier molecular flexibility index (Phi) is 6.81.